The van der Waals surface area contributed by atoms with Gasteiger partial charge in [-0.1, -0.05) is 18.2 Å². The van der Waals surface area contributed by atoms with E-state index in [1.165, 1.54) is 5.56 Å². The predicted molar refractivity (Wildman–Crippen MR) is 88.4 cm³/mol. The molecule has 3 rings (SSSR count). The first-order chi connectivity index (χ1) is 11.2. The number of carbonyl (C=O) groups is 1. The molecule has 126 valence electrons. The van der Waals surface area contributed by atoms with Gasteiger partial charge in [0, 0.05) is 37.7 Å². The van der Waals surface area contributed by atoms with Crippen LogP contribution in [0.1, 0.15) is 37.3 Å². The average molecular weight is 318 g/mol. The van der Waals surface area contributed by atoms with Crippen molar-refractivity contribution in [3.05, 3.63) is 29.8 Å². The number of aliphatic hydroxyl groups excluding tert-OH is 1. The number of benzene rings is 1. The summed E-state index contributed by atoms with van der Waals surface area (Å²) in [6.45, 7) is 2.82. The minimum absolute atomic E-state index is 0.173. The molecule has 5 heteroatoms. The van der Waals surface area contributed by atoms with Gasteiger partial charge in [-0.05, 0) is 31.9 Å². The van der Waals surface area contributed by atoms with Gasteiger partial charge in [0.1, 0.15) is 5.75 Å². The van der Waals surface area contributed by atoms with Crippen LogP contribution >= 0.6 is 0 Å². The monoisotopic (exact) mass is 318 g/mol. The van der Waals surface area contributed by atoms with Crippen LogP contribution in [0.15, 0.2) is 24.3 Å². The third kappa shape index (κ3) is 3.67. The highest BCUT2D eigenvalue weighted by atomic mass is 16.5. The molecule has 1 aromatic carbocycles. The molecule has 0 bridgehead atoms. The van der Waals surface area contributed by atoms with E-state index in [4.69, 9.17) is 4.74 Å². The Balaban J connectivity index is 1.63. The van der Waals surface area contributed by atoms with Gasteiger partial charge in [-0.3, -0.25) is 9.69 Å². The number of rotatable bonds is 6. The number of nitrogens with zero attached hydrogens (tertiary/aromatic N) is 2. The van der Waals surface area contributed by atoms with E-state index in [0.717, 1.165) is 38.1 Å². The number of likely N-dealkylation sites (tertiary alicyclic amines) is 2. The number of para-hydroxylation sites is 1. The van der Waals surface area contributed by atoms with E-state index >= 15 is 0 Å². The van der Waals surface area contributed by atoms with Crippen LogP contribution in [0.4, 0.5) is 0 Å². The van der Waals surface area contributed by atoms with Crippen LogP contribution in [-0.2, 0) is 4.79 Å². The zero-order valence-corrected chi connectivity index (χ0v) is 13.8. The number of amides is 1. The summed E-state index contributed by atoms with van der Waals surface area (Å²) in [5.41, 5.74) is 1.19. The summed E-state index contributed by atoms with van der Waals surface area (Å²) in [6, 6.07) is 8.40. The molecule has 2 heterocycles. The molecule has 1 aromatic rings. The smallest absolute Gasteiger partial charge is 0.222 e. The van der Waals surface area contributed by atoms with E-state index in [2.05, 4.69) is 11.0 Å². The van der Waals surface area contributed by atoms with Crippen molar-refractivity contribution in [2.75, 3.05) is 33.3 Å². The van der Waals surface area contributed by atoms with Crippen LogP contribution in [0.25, 0.3) is 0 Å². The SMILES string of the molecule is COc1ccccc1C1CCCN1CC(O)CN1CCCC1=O. The van der Waals surface area contributed by atoms with E-state index in [1.54, 1.807) is 12.0 Å². The van der Waals surface area contributed by atoms with Crippen molar-refractivity contribution in [2.24, 2.45) is 0 Å². The molecular formula is C18H26N2O3. The van der Waals surface area contributed by atoms with Crippen molar-refractivity contribution < 1.29 is 14.6 Å². The lowest BCUT2D eigenvalue weighted by atomic mass is 10.0. The standard InChI is InChI=1S/C18H26N2O3/c1-23-17-8-3-2-6-15(17)16-7-4-10-19(16)12-14(21)13-20-11-5-9-18(20)22/h2-3,6,8,14,16,21H,4-5,7,9-13H2,1H3. The summed E-state index contributed by atoms with van der Waals surface area (Å²) >= 11 is 0. The Morgan fingerprint density at radius 2 is 2.09 bits per heavy atom. The second-order valence-electron chi connectivity index (χ2n) is 6.49. The Bertz CT molecular complexity index is 549. The van der Waals surface area contributed by atoms with Gasteiger partial charge >= 0.3 is 0 Å². The highest BCUT2D eigenvalue weighted by Crippen LogP contribution is 2.36. The number of ether oxygens (including phenoxy) is 1. The zero-order valence-electron chi connectivity index (χ0n) is 13.8. The van der Waals surface area contributed by atoms with Gasteiger partial charge < -0.3 is 14.7 Å². The molecule has 2 aliphatic rings. The van der Waals surface area contributed by atoms with Gasteiger partial charge in [-0.15, -0.1) is 0 Å². The third-order valence-electron chi connectivity index (χ3n) is 4.91. The topological polar surface area (TPSA) is 53.0 Å². The lowest BCUT2D eigenvalue weighted by Crippen LogP contribution is -2.40. The summed E-state index contributed by atoms with van der Waals surface area (Å²) in [4.78, 5) is 15.8. The molecule has 2 atom stereocenters. The van der Waals surface area contributed by atoms with Crippen molar-refractivity contribution in [1.29, 1.82) is 0 Å². The molecule has 2 saturated heterocycles. The first-order valence-electron chi connectivity index (χ1n) is 8.52. The first kappa shape index (κ1) is 16.3. The molecule has 23 heavy (non-hydrogen) atoms. The van der Waals surface area contributed by atoms with Gasteiger partial charge in [-0.2, -0.15) is 0 Å². The highest BCUT2D eigenvalue weighted by molar-refractivity contribution is 5.78. The maximum atomic E-state index is 11.7. The number of hydrogen-bond donors (Lipinski definition) is 1. The number of hydrogen-bond acceptors (Lipinski definition) is 4. The summed E-state index contributed by atoms with van der Waals surface area (Å²) in [5, 5.41) is 10.4. The van der Waals surface area contributed by atoms with Gasteiger partial charge in [0.05, 0.1) is 13.2 Å². The molecule has 0 aromatic heterocycles. The lowest BCUT2D eigenvalue weighted by Gasteiger charge is -2.29. The van der Waals surface area contributed by atoms with Crippen molar-refractivity contribution in [3.8, 4) is 5.75 Å². The van der Waals surface area contributed by atoms with Crippen LogP contribution in [-0.4, -0.2) is 60.2 Å². The quantitative estimate of drug-likeness (QED) is 0.869. The van der Waals surface area contributed by atoms with E-state index < -0.39 is 6.10 Å². The van der Waals surface area contributed by atoms with Gasteiger partial charge in [0.25, 0.3) is 0 Å². The minimum Gasteiger partial charge on any atom is -0.496 e. The fourth-order valence-electron chi connectivity index (χ4n) is 3.82. The Kier molecular flexibility index (Phi) is 5.18. The normalized spacial score (nSPS) is 23.5. The molecule has 2 aliphatic heterocycles. The van der Waals surface area contributed by atoms with Crippen molar-refractivity contribution >= 4 is 5.91 Å². The van der Waals surface area contributed by atoms with Crippen LogP contribution in [0.5, 0.6) is 5.75 Å². The highest BCUT2D eigenvalue weighted by Gasteiger charge is 2.30. The van der Waals surface area contributed by atoms with Crippen molar-refractivity contribution in [3.63, 3.8) is 0 Å². The molecular weight excluding hydrogens is 292 g/mol. The van der Waals surface area contributed by atoms with Crippen LogP contribution < -0.4 is 4.74 Å². The lowest BCUT2D eigenvalue weighted by molar-refractivity contribution is -0.129. The first-order valence-corrected chi connectivity index (χ1v) is 8.52. The Labute approximate surface area is 137 Å². The summed E-state index contributed by atoms with van der Waals surface area (Å²) < 4.78 is 5.49. The number of methoxy groups -OCH3 is 1. The Morgan fingerprint density at radius 1 is 1.26 bits per heavy atom. The largest absolute Gasteiger partial charge is 0.496 e. The summed E-state index contributed by atoms with van der Waals surface area (Å²) in [7, 11) is 1.70. The maximum Gasteiger partial charge on any atom is 0.222 e. The zero-order chi connectivity index (χ0) is 16.2. The van der Waals surface area contributed by atoms with Crippen LogP contribution in [0.2, 0.25) is 0 Å². The average Bonchev–Trinajstić information content (AvgIpc) is 3.17. The molecule has 2 fully saturated rings. The summed E-state index contributed by atoms with van der Waals surface area (Å²) in [5.74, 6) is 1.08. The number of aliphatic hydroxyl groups is 1. The van der Waals surface area contributed by atoms with Crippen LogP contribution in [0.3, 0.4) is 0 Å². The predicted octanol–water partition coefficient (Wildman–Crippen LogP) is 1.82. The molecule has 0 saturated carbocycles. The van der Waals surface area contributed by atoms with Gasteiger partial charge in [0.2, 0.25) is 5.91 Å². The second-order valence-corrected chi connectivity index (χ2v) is 6.49. The molecule has 0 spiro atoms. The molecule has 1 N–H and O–H groups in total. The molecule has 2 unspecified atom stereocenters. The molecule has 0 radical (unpaired) electrons. The van der Waals surface area contributed by atoms with Gasteiger partial charge in [-0.25, -0.2) is 0 Å². The Morgan fingerprint density at radius 3 is 2.83 bits per heavy atom. The fraction of sp³-hybridized carbons (Fsp3) is 0.611. The Hall–Kier alpha value is -1.59. The van der Waals surface area contributed by atoms with E-state index in [-0.39, 0.29) is 11.9 Å². The second kappa shape index (κ2) is 7.32. The van der Waals surface area contributed by atoms with E-state index in [1.807, 2.05) is 18.2 Å². The molecule has 5 nitrogen and oxygen atoms in total. The number of carbonyl (C=O) groups excluding carboxylic acids is 1. The van der Waals surface area contributed by atoms with Gasteiger partial charge in [0.15, 0.2) is 0 Å². The molecule has 0 aliphatic carbocycles. The van der Waals surface area contributed by atoms with Crippen LogP contribution in [0, 0.1) is 0 Å². The van der Waals surface area contributed by atoms with Crippen molar-refractivity contribution in [1.82, 2.24) is 9.80 Å². The molecule has 1 amide bonds. The van der Waals surface area contributed by atoms with Crippen molar-refractivity contribution in [2.45, 2.75) is 37.8 Å². The maximum absolute atomic E-state index is 11.7. The fourth-order valence-corrected chi connectivity index (χ4v) is 3.82. The summed E-state index contributed by atoms with van der Waals surface area (Å²) in [6.07, 6.45) is 3.25. The van der Waals surface area contributed by atoms with E-state index in [9.17, 15) is 9.90 Å². The third-order valence-corrected chi connectivity index (χ3v) is 4.91. The number of β-amino-alcohol motifs (C(OH)–C–C–N with tert-alkyl or cyclic N) is 1. The van der Waals surface area contributed by atoms with E-state index in [0.29, 0.717) is 19.5 Å². The minimum atomic E-state index is -0.493.